The summed E-state index contributed by atoms with van der Waals surface area (Å²) in [6.45, 7) is 3.94. The summed E-state index contributed by atoms with van der Waals surface area (Å²) in [4.78, 5) is 11.9. The smallest absolute Gasteiger partial charge is 0.243 e. The number of hydrogen-bond acceptors (Lipinski definition) is 3. The lowest BCUT2D eigenvalue weighted by Gasteiger charge is -2.41. The van der Waals surface area contributed by atoms with Crippen LogP contribution in [0.3, 0.4) is 0 Å². The highest BCUT2D eigenvalue weighted by Crippen LogP contribution is 2.32. The van der Waals surface area contributed by atoms with Gasteiger partial charge in [-0.2, -0.15) is 0 Å². The van der Waals surface area contributed by atoms with Gasteiger partial charge in [0.15, 0.2) is 0 Å². The van der Waals surface area contributed by atoms with E-state index in [0.717, 1.165) is 10.2 Å². The highest BCUT2D eigenvalue weighted by molar-refractivity contribution is 9.10. The molecule has 1 heterocycles. The van der Waals surface area contributed by atoms with E-state index in [4.69, 9.17) is 10.5 Å². The molecule has 1 aliphatic rings. The molecule has 1 fully saturated rings. The maximum absolute atomic E-state index is 11.9. The Morgan fingerprint density at radius 3 is 2.58 bits per heavy atom. The minimum atomic E-state index is -0.738. The number of hydrogen-bond donors (Lipinski definition) is 2. The first kappa shape index (κ1) is 14.3. The number of carbonyl (C=O) groups excluding carboxylic acids is 1. The zero-order valence-electron chi connectivity index (χ0n) is 11.2. The fourth-order valence-corrected chi connectivity index (χ4v) is 3.16. The zero-order chi connectivity index (χ0) is 14.0. The van der Waals surface area contributed by atoms with Crippen LogP contribution < -0.4 is 11.1 Å². The number of carbonyl (C=O) groups is 1. The van der Waals surface area contributed by atoms with Crippen molar-refractivity contribution in [2.75, 3.05) is 5.32 Å². The number of amides is 1. The Kier molecular flexibility index (Phi) is 4.16. The second-order valence-electron chi connectivity index (χ2n) is 5.25. The maximum Gasteiger partial charge on any atom is 0.243 e. The molecule has 19 heavy (non-hydrogen) atoms. The van der Waals surface area contributed by atoms with Crippen molar-refractivity contribution >= 4 is 27.5 Å². The quantitative estimate of drug-likeness (QED) is 0.897. The van der Waals surface area contributed by atoms with E-state index in [1.807, 2.05) is 38.1 Å². The predicted octanol–water partition coefficient (Wildman–Crippen LogP) is 2.67. The molecule has 2 rings (SSSR count). The number of halogens is 1. The van der Waals surface area contributed by atoms with Crippen molar-refractivity contribution in [3.05, 3.63) is 28.7 Å². The van der Waals surface area contributed by atoms with Gasteiger partial charge in [0.1, 0.15) is 5.54 Å². The van der Waals surface area contributed by atoms with Crippen LogP contribution in [0.5, 0.6) is 0 Å². The van der Waals surface area contributed by atoms with E-state index in [1.165, 1.54) is 0 Å². The minimum Gasteiger partial charge on any atom is -0.375 e. The molecule has 0 spiro atoms. The second kappa shape index (κ2) is 5.51. The molecule has 5 heteroatoms. The molecular weight excluding hydrogens is 308 g/mol. The number of anilines is 1. The van der Waals surface area contributed by atoms with Crippen LogP contribution in [0.1, 0.15) is 26.7 Å². The van der Waals surface area contributed by atoms with Crippen LogP contribution >= 0.6 is 15.9 Å². The summed E-state index contributed by atoms with van der Waals surface area (Å²) in [5, 5.41) is 3.31. The Balaban J connectivity index is 2.27. The van der Waals surface area contributed by atoms with Crippen molar-refractivity contribution in [2.24, 2.45) is 5.73 Å². The molecule has 1 aromatic rings. The SMILES string of the molecule is CC1CC(Nc2cccc(Br)c2)(C(N)=O)CC(C)O1. The molecule has 0 radical (unpaired) electrons. The summed E-state index contributed by atoms with van der Waals surface area (Å²) >= 11 is 3.42. The number of primary amides is 1. The van der Waals surface area contributed by atoms with Crippen molar-refractivity contribution in [1.29, 1.82) is 0 Å². The second-order valence-corrected chi connectivity index (χ2v) is 6.16. The molecule has 1 amide bonds. The lowest BCUT2D eigenvalue weighted by atomic mass is 9.83. The number of nitrogens with two attached hydrogens (primary N) is 1. The Hall–Kier alpha value is -1.07. The molecule has 2 unspecified atom stereocenters. The number of benzene rings is 1. The molecule has 0 aromatic heterocycles. The van der Waals surface area contributed by atoms with Crippen LogP contribution in [0.15, 0.2) is 28.7 Å². The summed E-state index contributed by atoms with van der Waals surface area (Å²) in [5.41, 5.74) is 5.79. The lowest BCUT2D eigenvalue weighted by molar-refractivity contribution is -0.131. The number of rotatable bonds is 3. The normalized spacial score (nSPS) is 30.9. The maximum atomic E-state index is 11.9. The van der Waals surface area contributed by atoms with Gasteiger partial charge in [-0.25, -0.2) is 0 Å². The van der Waals surface area contributed by atoms with Gasteiger partial charge in [-0.1, -0.05) is 22.0 Å². The topological polar surface area (TPSA) is 64.3 Å². The summed E-state index contributed by atoms with van der Waals surface area (Å²) < 4.78 is 6.66. The molecule has 104 valence electrons. The van der Waals surface area contributed by atoms with Crippen molar-refractivity contribution in [3.63, 3.8) is 0 Å². The molecular formula is C14H19BrN2O2. The molecule has 2 atom stereocenters. The third-order valence-corrected chi connectivity index (χ3v) is 3.91. The summed E-state index contributed by atoms with van der Waals surface area (Å²) in [6.07, 6.45) is 1.19. The van der Waals surface area contributed by atoms with Crippen molar-refractivity contribution in [3.8, 4) is 0 Å². The summed E-state index contributed by atoms with van der Waals surface area (Å²) in [5.74, 6) is -0.325. The van der Waals surface area contributed by atoms with Crippen LogP contribution in [0.4, 0.5) is 5.69 Å². The minimum absolute atomic E-state index is 0.0101. The summed E-state index contributed by atoms with van der Waals surface area (Å²) in [7, 11) is 0. The van der Waals surface area contributed by atoms with Crippen LogP contribution in [0.2, 0.25) is 0 Å². The highest BCUT2D eigenvalue weighted by Gasteiger charge is 2.43. The van der Waals surface area contributed by atoms with Crippen molar-refractivity contribution in [2.45, 2.75) is 44.4 Å². The Morgan fingerprint density at radius 1 is 1.42 bits per heavy atom. The largest absolute Gasteiger partial charge is 0.375 e. The third kappa shape index (κ3) is 3.28. The monoisotopic (exact) mass is 326 g/mol. The Labute approximate surface area is 121 Å². The van der Waals surface area contributed by atoms with Crippen molar-refractivity contribution in [1.82, 2.24) is 0 Å². The van der Waals surface area contributed by atoms with E-state index < -0.39 is 5.54 Å². The third-order valence-electron chi connectivity index (χ3n) is 3.42. The molecule has 4 nitrogen and oxygen atoms in total. The van der Waals surface area contributed by atoms with E-state index in [2.05, 4.69) is 21.2 Å². The van der Waals surface area contributed by atoms with Gasteiger partial charge < -0.3 is 15.8 Å². The zero-order valence-corrected chi connectivity index (χ0v) is 12.7. The lowest BCUT2D eigenvalue weighted by Crippen LogP contribution is -2.57. The molecule has 0 saturated carbocycles. The molecule has 0 bridgehead atoms. The number of ether oxygens (including phenoxy) is 1. The molecule has 3 N–H and O–H groups in total. The van der Waals surface area contributed by atoms with Crippen LogP contribution in [-0.2, 0) is 9.53 Å². The first-order valence-electron chi connectivity index (χ1n) is 6.40. The van der Waals surface area contributed by atoms with Gasteiger partial charge in [0, 0.05) is 23.0 Å². The Morgan fingerprint density at radius 2 is 2.05 bits per heavy atom. The van der Waals surface area contributed by atoms with Gasteiger partial charge in [-0.05, 0) is 32.0 Å². The first-order valence-corrected chi connectivity index (χ1v) is 7.20. The first-order chi connectivity index (χ1) is 8.91. The van der Waals surface area contributed by atoms with Crippen LogP contribution in [0, 0.1) is 0 Å². The van der Waals surface area contributed by atoms with E-state index in [9.17, 15) is 4.79 Å². The fraction of sp³-hybridized carbons (Fsp3) is 0.500. The fourth-order valence-electron chi connectivity index (χ4n) is 2.76. The molecule has 1 aromatic carbocycles. The van der Waals surface area contributed by atoms with Gasteiger partial charge in [0.2, 0.25) is 5.91 Å². The molecule has 1 aliphatic heterocycles. The van der Waals surface area contributed by atoms with Crippen molar-refractivity contribution < 1.29 is 9.53 Å². The summed E-state index contributed by atoms with van der Waals surface area (Å²) in [6, 6.07) is 7.74. The standard InChI is InChI=1S/C14H19BrN2O2/c1-9-7-14(13(16)18,8-10(2)19-9)17-12-5-3-4-11(15)6-12/h3-6,9-10,17H,7-8H2,1-2H3,(H2,16,18). The average Bonchev–Trinajstić information content (AvgIpc) is 2.27. The highest BCUT2D eigenvalue weighted by atomic mass is 79.9. The van der Waals surface area contributed by atoms with E-state index in [0.29, 0.717) is 12.8 Å². The van der Waals surface area contributed by atoms with E-state index >= 15 is 0 Å². The van der Waals surface area contributed by atoms with Gasteiger partial charge in [0.05, 0.1) is 12.2 Å². The molecule has 1 saturated heterocycles. The van der Waals surface area contributed by atoms with Gasteiger partial charge >= 0.3 is 0 Å². The average molecular weight is 327 g/mol. The van der Waals surface area contributed by atoms with Crippen LogP contribution in [-0.4, -0.2) is 23.7 Å². The van der Waals surface area contributed by atoms with E-state index in [-0.39, 0.29) is 18.1 Å². The van der Waals surface area contributed by atoms with Gasteiger partial charge in [-0.3, -0.25) is 4.79 Å². The van der Waals surface area contributed by atoms with Crippen LogP contribution in [0.25, 0.3) is 0 Å². The van der Waals surface area contributed by atoms with Gasteiger partial charge in [-0.15, -0.1) is 0 Å². The predicted molar refractivity (Wildman–Crippen MR) is 78.9 cm³/mol. The molecule has 0 aliphatic carbocycles. The Bertz CT molecular complexity index is 468. The van der Waals surface area contributed by atoms with E-state index in [1.54, 1.807) is 0 Å². The number of nitrogens with one attached hydrogen (secondary N) is 1. The van der Waals surface area contributed by atoms with Gasteiger partial charge in [0.25, 0.3) is 0 Å².